The van der Waals surface area contributed by atoms with Crippen LogP contribution in [0.2, 0.25) is 5.02 Å². The van der Waals surface area contributed by atoms with E-state index in [2.05, 4.69) is 29.0 Å². The van der Waals surface area contributed by atoms with E-state index in [-0.39, 0.29) is 4.91 Å². The zero-order valence-electron chi connectivity index (χ0n) is 15.9. The van der Waals surface area contributed by atoms with Gasteiger partial charge in [-0.2, -0.15) is 0 Å². The van der Waals surface area contributed by atoms with Crippen LogP contribution >= 0.6 is 23.4 Å². The Morgan fingerprint density at radius 2 is 1.90 bits per heavy atom. The molecule has 0 bridgehead atoms. The minimum absolute atomic E-state index is 0.113. The van der Waals surface area contributed by atoms with Gasteiger partial charge in [0.1, 0.15) is 10.7 Å². The van der Waals surface area contributed by atoms with Crippen LogP contribution in [-0.4, -0.2) is 32.9 Å². The summed E-state index contributed by atoms with van der Waals surface area (Å²) < 4.78 is 5.65. The number of rotatable bonds is 8. The van der Waals surface area contributed by atoms with Crippen LogP contribution in [0.4, 0.5) is 0 Å². The second-order valence-electron chi connectivity index (χ2n) is 6.66. The number of aliphatic carboxylic acids is 1. The summed E-state index contributed by atoms with van der Waals surface area (Å²) >= 11 is 6.87. The van der Waals surface area contributed by atoms with Crippen LogP contribution in [0.15, 0.2) is 58.6 Å². The first kappa shape index (κ1) is 21.0. The first-order valence-electron chi connectivity index (χ1n) is 8.95. The van der Waals surface area contributed by atoms with E-state index in [0.29, 0.717) is 28.5 Å². The molecule has 0 radical (unpaired) electrons. The summed E-state index contributed by atoms with van der Waals surface area (Å²) in [6, 6.07) is 14.4. The molecule has 0 atom stereocenters. The highest BCUT2D eigenvalue weighted by molar-refractivity contribution is 8.04. The molecule has 2 N–H and O–H groups in total. The van der Waals surface area contributed by atoms with Crippen LogP contribution in [-0.2, 0) is 4.79 Å². The van der Waals surface area contributed by atoms with Gasteiger partial charge < -0.3 is 9.84 Å². The summed E-state index contributed by atoms with van der Waals surface area (Å²) in [5.74, 6) is 0.680. The van der Waals surface area contributed by atoms with E-state index in [1.807, 2.05) is 36.4 Å². The molecule has 150 valence electrons. The number of carboxylic acid groups (broad SMARTS) is 1. The van der Waals surface area contributed by atoms with Crippen LogP contribution in [0, 0.1) is 5.92 Å². The third-order valence-electron chi connectivity index (χ3n) is 3.76. The molecule has 6 nitrogen and oxygen atoms in total. The molecule has 0 amide bonds. The number of carbonyl (C=O) groups is 1. The lowest BCUT2D eigenvalue weighted by molar-refractivity contribution is -0.131. The SMILES string of the molecule is CC(C)COc1ccc(/C=C(/Sc2n[nH]c(-c3ccc(Cl)cc3)n2)C(=O)O)cc1. The van der Waals surface area contributed by atoms with Crippen molar-refractivity contribution in [3.05, 3.63) is 64.0 Å². The van der Waals surface area contributed by atoms with Gasteiger partial charge in [-0.25, -0.2) is 9.78 Å². The topological polar surface area (TPSA) is 88.1 Å². The summed E-state index contributed by atoms with van der Waals surface area (Å²) in [5.41, 5.74) is 1.56. The standard InChI is InChI=1S/C21H20ClN3O3S/c1-13(2)12-28-17-9-3-14(4-10-17)11-18(20(26)27)29-21-23-19(24-25-21)15-5-7-16(22)8-6-15/h3-11,13H,12H2,1-2H3,(H,26,27)(H,23,24,25)/b18-11+. The molecule has 29 heavy (non-hydrogen) atoms. The number of hydrogen-bond donors (Lipinski definition) is 2. The van der Waals surface area contributed by atoms with Crippen LogP contribution in [0.3, 0.4) is 0 Å². The van der Waals surface area contributed by atoms with E-state index in [9.17, 15) is 9.90 Å². The zero-order valence-corrected chi connectivity index (χ0v) is 17.5. The Morgan fingerprint density at radius 1 is 1.21 bits per heavy atom. The Labute approximate surface area is 178 Å². The van der Waals surface area contributed by atoms with E-state index >= 15 is 0 Å². The van der Waals surface area contributed by atoms with Gasteiger partial charge in [0.25, 0.3) is 0 Å². The van der Waals surface area contributed by atoms with Crippen molar-refractivity contribution in [3.8, 4) is 17.1 Å². The molecule has 3 aromatic rings. The number of nitrogens with one attached hydrogen (secondary N) is 1. The lowest BCUT2D eigenvalue weighted by Gasteiger charge is -2.08. The third-order valence-corrected chi connectivity index (χ3v) is 4.89. The summed E-state index contributed by atoms with van der Waals surface area (Å²) in [4.78, 5) is 16.1. The summed E-state index contributed by atoms with van der Waals surface area (Å²) in [5, 5.41) is 17.4. The number of thioether (sulfide) groups is 1. The van der Waals surface area contributed by atoms with Crippen LogP contribution in [0.25, 0.3) is 17.5 Å². The number of benzene rings is 2. The number of H-pyrrole nitrogens is 1. The predicted octanol–water partition coefficient (Wildman–Crippen LogP) is 5.38. The lowest BCUT2D eigenvalue weighted by atomic mass is 10.2. The fraction of sp³-hybridized carbons (Fsp3) is 0.190. The van der Waals surface area contributed by atoms with Crippen molar-refractivity contribution >= 4 is 35.4 Å². The molecule has 0 spiro atoms. The Morgan fingerprint density at radius 3 is 2.52 bits per heavy atom. The van der Waals surface area contributed by atoms with Gasteiger partial charge in [0.05, 0.1) is 6.61 Å². The van der Waals surface area contributed by atoms with Gasteiger partial charge in [-0.3, -0.25) is 5.10 Å². The van der Waals surface area contributed by atoms with Crippen molar-refractivity contribution in [2.24, 2.45) is 5.92 Å². The highest BCUT2D eigenvalue weighted by Crippen LogP contribution is 2.28. The minimum atomic E-state index is -1.05. The van der Waals surface area contributed by atoms with Crippen molar-refractivity contribution in [2.75, 3.05) is 6.61 Å². The lowest BCUT2D eigenvalue weighted by Crippen LogP contribution is -2.04. The van der Waals surface area contributed by atoms with Gasteiger partial charge in [0.15, 0.2) is 5.82 Å². The van der Waals surface area contributed by atoms with E-state index in [1.54, 1.807) is 18.2 Å². The highest BCUT2D eigenvalue weighted by Gasteiger charge is 2.14. The number of halogens is 1. The van der Waals surface area contributed by atoms with Crippen molar-refractivity contribution in [2.45, 2.75) is 19.0 Å². The maximum Gasteiger partial charge on any atom is 0.342 e. The van der Waals surface area contributed by atoms with Crippen molar-refractivity contribution in [1.29, 1.82) is 0 Å². The molecule has 1 aromatic heterocycles. The van der Waals surface area contributed by atoms with E-state index in [4.69, 9.17) is 16.3 Å². The first-order chi connectivity index (χ1) is 13.9. The molecule has 0 saturated carbocycles. The zero-order chi connectivity index (χ0) is 20.8. The average Bonchev–Trinajstić information content (AvgIpc) is 3.16. The van der Waals surface area contributed by atoms with E-state index in [1.165, 1.54) is 0 Å². The Hall–Kier alpha value is -2.77. The Balaban J connectivity index is 1.73. The fourth-order valence-corrected chi connectivity index (χ4v) is 3.17. The van der Waals surface area contributed by atoms with Gasteiger partial charge >= 0.3 is 5.97 Å². The number of carboxylic acids is 1. The first-order valence-corrected chi connectivity index (χ1v) is 10.1. The fourth-order valence-electron chi connectivity index (χ4n) is 2.34. The third kappa shape index (κ3) is 6.10. The maximum absolute atomic E-state index is 11.7. The minimum Gasteiger partial charge on any atom is -0.493 e. The molecule has 0 saturated heterocycles. The highest BCUT2D eigenvalue weighted by atomic mass is 35.5. The predicted molar refractivity (Wildman–Crippen MR) is 115 cm³/mol. The quantitative estimate of drug-likeness (QED) is 0.369. The number of ether oxygens (including phenoxy) is 1. The monoisotopic (exact) mass is 429 g/mol. The maximum atomic E-state index is 11.7. The molecule has 1 heterocycles. The van der Waals surface area contributed by atoms with Crippen LogP contribution in [0.1, 0.15) is 19.4 Å². The normalized spacial score (nSPS) is 11.7. The summed E-state index contributed by atoms with van der Waals surface area (Å²) in [7, 11) is 0. The van der Waals surface area contributed by atoms with Gasteiger partial charge in [-0.15, -0.1) is 5.10 Å². The molecule has 0 unspecified atom stereocenters. The van der Waals surface area contributed by atoms with Crippen molar-refractivity contribution in [1.82, 2.24) is 15.2 Å². The molecular weight excluding hydrogens is 410 g/mol. The Kier molecular flexibility index (Phi) is 6.95. The van der Waals surface area contributed by atoms with Gasteiger partial charge in [-0.1, -0.05) is 37.6 Å². The number of aromatic amines is 1. The van der Waals surface area contributed by atoms with Crippen LogP contribution < -0.4 is 4.74 Å². The van der Waals surface area contributed by atoms with E-state index < -0.39 is 5.97 Å². The molecule has 0 aliphatic heterocycles. The van der Waals surface area contributed by atoms with Crippen molar-refractivity contribution < 1.29 is 14.6 Å². The average molecular weight is 430 g/mol. The van der Waals surface area contributed by atoms with Gasteiger partial charge in [0, 0.05) is 10.6 Å². The number of nitrogens with zero attached hydrogens (tertiary/aromatic N) is 2. The van der Waals surface area contributed by atoms with E-state index in [0.717, 1.165) is 28.6 Å². The summed E-state index contributed by atoms with van der Waals surface area (Å²) in [6.07, 6.45) is 1.58. The Bertz CT molecular complexity index is 999. The molecular formula is C21H20ClN3O3S. The van der Waals surface area contributed by atoms with Crippen LogP contribution in [0.5, 0.6) is 5.75 Å². The largest absolute Gasteiger partial charge is 0.493 e. The second kappa shape index (κ2) is 9.62. The van der Waals surface area contributed by atoms with Gasteiger partial charge in [-0.05, 0) is 65.7 Å². The van der Waals surface area contributed by atoms with Gasteiger partial charge in [0.2, 0.25) is 5.16 Å². The van der Waals surface area contributed by atoms with Crippen molar-refractivity contribution in [3.63, 3.8) is 0 Å². The second-order valence-corrected chi connectivity index (χ2v) is 8.11. The molecule has 0 aliphatic carbocycles. The summed E-state index contributed by atoms with van der Waals surface area (Å²) in [6.45, 7) is 4.79. The molecule has 8 heteroatoms. The number of hydrogen-bond acceptors (Lipinski definition) is 5. The smallest absolute Gasteiger partial charge is 0.342 e. The molecule has 2 aromatic carbocycles. The number of aromatic nitrogens is 3. The molecule has 3 rings (SSSR count). The molecule has 0 fully saturated rings. The molecule has 0 aliphatic rings.